The lowest BCUT2D eigenvalue weighted by Crippen LogP contribution is -2.23. The zero-order valence-corrected chi connectivity index (χ0v) is 10.5. The van der Waals surface area contributed by atoms with Crippen molar-refractivity contribution in [3.05, 3.63) is 10.2 Å². The van der Waals surface area contributed by atoms with Crippen LogP contribution in [0.3, 0.4) is 0 Å². The maximum absolute atomic E-state index is 5.93. The van der Waals surface area contributed by atoms with Crippen molar-refractivity contribution in [1.29, 1.82) is 0 Å². The van der Waals surface area contributed by atoms with Crippen molar-refractivity contribution >= 4 is 21.7 Å². The quantitative estimate of drug-likeness (QED) is 0.897. The molecular formula is C10H16BrN3O. The van der Waals surface area contributed by atoms with Gasteiger partial charge in [0.1, 0.15) is 5.82 Å². The van der Waals surface area contributed by atoms with E-state index in [4.69, 9.17) is 10.5 Å². The molecule has 0 aliphatic carbocycles. The zero-order valence-electron chi connectivity index (χ0n) is 8.87. The van der Waals surface area contributed by atoms with E-state index in [2.05, 4.69) is 21.0 Å². The molecule has 1 aliphatic rings. The lowest BCUT2D eigenvalue weighted by atomic mass is 10.0. The third kappa shape index (κ3) is 2.34. The normalized spacial score (nSPS) is 21.9. The fourth-order valence-electron chi connectivity index (χ4n) is 1.91. The van der Waals surface area contributed by atoms with Gasteiger partial charge in [-0.15, -0.1) is 0 Å². The summed E-state index contributed by atoms with van der Waals surface area (Å²) in [5.74, 6) is 1.27. The number of aromatic nitrogens is 2. The van der Waals surface area contributed by atoms with E-state index in [1.807, 2.05) is 11.6 Å². The first-order valence-electron chi connectivity index (χ1n) is 5.24. The molecule has 1 aliphatic heterocycles. The molecule has 0 amide bonds. The Balaban J connectivity index is 2.06. The second-order valence-corrected chi connectivity index (χ2v) is 4.84. The SMILES string of the molecule is Cc1nn(CC2CCCOC2)c(N)c1Br. The van der Waals surface area contributed by atoms with Crippen molar-refractivity contribution in [2.24, 2.45) is 5.92 Å². The van der Waals surface area contributed by atoms with E-state index in [0.717, 1.165) is 42.2 Å². The summed E-state index contributed by atoms with van der Waals surface area (Å²) in [4.78, 5) is 0. The average Bonchev–Trinajstić information content (AvgIpc) is 2.48. The van der Waals surface area contributed by atoms with Crippen LogP contribution in [0.2, 0.25) is 0 Å². The fourth-order valence-corrected chi connectivity index (χ4v) is 2.20. The molecule has 2 N–H and O–H groups in total. The predicted molar refractivity (Wildman–Crippen MR) is 62.6 cm³/mol. The van der Waals surface area contributed by atoms with E-state index in [9.17, 15) is 0 Å². The molecule has 1 atom stereocenters. The number of ether oxygens (including phenoxy) is 1. The number of rotatable bonds is 2. The Labute approximate surface area is 97.9 Å². The van der Waals surface area contributed by atoms with Crippen LogP contribution in [0.15, 0.2) is 4.47 Å². The monoisotopic (exact) mass is 273 g/mol. The minimum Gasteiger partial charge on any atom is -0.383 e. The molecule has 15 heavy (non-hydrogen) atoms. The van der Waals surface area contributed by atoms with Crippen molar-refractivity contribution in [2.75, 3.05) is 18.9 Å². The molecule has 0 spiro atoms. The molecule has 0 bridgehead atoms. The van der Waals surface area contributed by atoms with E-state index in [1.165, 1.54) is 6.42 Å². The Morgan fingerprint density at radius 2 is 2.47 bits per heavy atom. The summed E-state index contributed by atoms with van der Waals surface area (Å²) >= 11 is 3.43. The van der Waals surface area contributed by atoms with Crippen LogP contribution < -0.4 is 5.73 Å². The highest BCUT2D eigenvalue weighted by atomic mass is 79.9. The predicted octanol–water partition coefficient (Wildman–Crippen LogP) is 1.96. The van der Waals surface area contributed by atoms with Crippen LogP contribution in [0, 0.1) is 12.8 Å². The van der Waals surface area contributed by atoms with Gasteiger partial charge in [0, 0.05) is 19.1 Å². The van der Waals surface area contributed by atoms with Gasteiger partial charge in [-0.25, -0.2) is 4.68 Å². The molecule has 0 radical (unpaired) electrons. The maximum Gasteiger partial charge on any atom is 0.136 e. The summed E-state index contributed by atoms with van der Waals surface area (Å²) in [7, 11) is 0. The van der Waals surface area contributed by atoms with Gasteiger partial charge in [-0.1, -0.05) is 0 Å². The average molecular weight is 274 g/mol. The van der Waals surface area contributed by atoms with E-state index in [-0.39, 0.29) is 0 Å². The van der Waals surface area contributed by atoms with Crippen LogP contribution in [-0.4, -0.2) is 23.0 Å². The van der Waals surface area contributed by atoms with E-state index < -0.39 is 0 Å². The Bertz CT molecular complexity index is 345. The lowest BCUT2D eigenvalue weighted by molar-refractivity contribution is 0.0472. The summed E-state index contributed by atoms with van der Waals surface area (Å²) in [6, 6.07) is 0. The van der Waals surface area contributed by atoms with Crippen molar-refractivity contribution in [2.45, 2.75) is 26.3 Å². The highest BCUT2D eigenvalue weighted by molar-refractivity contribution is 9.10. The molecule has 4 nitrogen and oxygen atoms in total. The highest BCUT2D eigenvalue weighted by Crippen LogP contribution is 2.25. The van der Waals surface area contributed by atoms with Gasteiger partial charge in [-0.2, -0.15) is 5.10 Å². The number of hydrogen-bond donors (Lipinski definition) is 1. The van der Waals surface area contributed by atoms with Crippen LogP contribution in [0.5, 0.6) is 0 Å². The molecule has 84 valence electrons. The van der Waals surface area contributed by atoms with Crippen LogP contribution in [0.1, 0.15) is 18.5 Å². The molecule has 1 unspecified atom stereocenters. The standard InChI is InChI=1S/C10H16BrN3O/c1-7-9(11)10(12)14(13-7)5-8-3-2-4-15-6-8/h8H,2-6,12H2,1H3. The first-order valence-corrected chi connectivity index (χ1v) is 6.04. The van der Waals surface area contributed by atoms with Crippen molar-refractivity contribution in [3.8, 4) is 0 Å². The van der Waals surface area contributed by atoms with Crippen LogP contribution in [-0.2, 0) is 11.3 Å². The molecule has 1 saturated heterocycles. The van der Waals surface area contributed by atoms with Crippen LogP contribution in [0.4, 0.5) is 5.82 Å². The topological polar surface area (TPSA) is 53.1 Å². The molecule has 2 heterocycles. The Kier molecular flexibility index (Phi) is 3.31. The van der Waals surface area contributed by atoms with Gasteiger partial charge in [0.05, 0.1) is 16.8 Å². The van der Waals surface area contributed by atoms with Gasteiger partial charge in [-0.05, 0) is 35.7 Å². The molecule has 5 heteroatoms. The third-order valence-electron chi connectivity index (χ3n) is 2.78. The number of hydrogen-bond acceptors (Lipinski definition) is 3. The second-order valence-electron chi connectivity index (χ2n) is 4.05. The number of halogens is 1. The number of nitrogen functional groups attached to an aromatic ring is 1. The summed E-state index contributed by atoms with van der Waals surface area (Å²) in [5.41, 5.74) is 6.88. The van der Waals surface area contributed by atoms with Crippen molar-refractivity contribution < 1.29 is 4.74 Å². The summed E-state index contributed by atoms with van der Waals surface area (Å²) in [6.45, 7) is 4.54. The van der Waals surface area contributed by atoms with Crippen LogP contribution >= 0.6 is 15.9 Å². The summed E-state index contributed by atoms with van der Waals surface area (Å²) < 4.78 is 8.23. The van der Waals surface area contributed by atoms with E-state index in [0.29, 0.717) is 5.92 Å². The Hall–Kier alpha value is -0.550. The van der Waals surface area contributed by atoms with Gasteiger partial charge in [0.25, 0.3) is 0 Å². The second kappa shape index (κ2) is 4.53. The molecule has 2 rings (SSSR count). The molecular weight excluding hydrogens is 258 g/mol. The zero-order chi connectivity index (χ0) is 10.8. The molecule has 1 aromatic rings. The van der Waals surface area contributed by atoms with Crippen molar-refractivity contribution in [3.63, 3.8) is 0 Å². The summed E-state index contributed by atoms with van der Waals surface area (Å²) in [6.07, 6.45) is 2.35. The first kappa shape index (κ1) is 11.0. The number of aryl methyl sites for hydroxylation is 1. The van der Waals surface area contributed by atoms with E-state index >= 15 is 0 Å². The highest BCUT2D eigenvalue weighted by Gasteiger charge is 2.17. The van der Waals surface area contributed by atoms with Crippen LogP contribution in [0.25, 0.3) is 0 Å². The number of anilines is 1. The van der Waals surface area contributed by atoms with E-state index in [1.54, 1.807) is 0 Å². The fraction of sp³-hybridized carbons (Fsp3) is 0.700. The number of nitrogens with two attached hydrogens (primary N) is 1. The molecule has 1 fully saturated rings. The Morgan fingerprint density at radius 1 is 1.67 bits per heavy atom. The van der Waals surface area contributed by atoms with Gasteiger partial charge < -0.3 is 10.5 Å². The maximum atomic E-state index is 5.93. The van der Waals surface area contributed by atoms with Gasteiger partial charge >= 0.3 is 0 Å². The van der Waals surface area contributed by atoms with Gasteiger partial charge in [0.15, 0.2) is 0 Å². The minimum absolute atomic E-state index is 0.548. The molecule has 0 saturated carbocycles. The molecule has 1 aromatic heterocycles. The molecule has 0 aromatic carbocycles. The first-order chi connectivity index (χ1) is 7.18. The van der Waals surface area contributed by atoms with Gasteiger partial charge in [-0.3, -0.25) is 0 Å². The lowest BCUT2D eigenvalue weighted by Gasteiger charge is -2.22. The Morgan fingerprint density at radius 3 is 3.00 bits per heavy atom. The third-order valence-corrected chi connectivity index (χ3v) is 3.76. The van der Waals surface area contributed by atoms with Gasteiger partial charge in [0.2, 0.25) is 0 Å². The van der Waals surface area contributed by atoms with Crippen molar-refractivity contribution in [1.82, 2.24) is 9.78 Å². The largest absolute Gasteiger partial charge is 0.383 e. The smallest absolute Gasteiger partial charge is 0.136 e. The number of nitrogens with zero attached hydrogens (tertiary/aromatic N) is 2. The summed E-state index contributed by atoms with van der Waals surface area (Å²) in [5, 5.41) is 4.39. The minimum atomic E-state index is 0.548.